The molecule has 1 N–H and O–H groups in total. The number of esters is 1. The van der Waals surface area contributed by atoms with Crippen molar-refractivity contribution in [2.75, 3.05) is 13.1 Å². The zero-order valence-electron chi connectivity index (χ0n) is 13.0. The lowest BCUT2D eigenvalue weighted by Crippen LogP contribution is -2.45. The van der Waals surface area contributed by atoms with E-state index in [4.69, 9.17) is 9.29 Å². The van der Waals surface area contributed by atoms with Crippen LogP contribution in [0.5, 0.6) is 0 Å². The van der Waals surface area contributed by atoms with Crippen molar-refractivity contribution in [3.63, 3.8) is 0 Å². The van der Waals surface area contributed by atoms with Gasteiger partial charge in [-0.25, -0.2) is 0 Å². The number of hydrogen-bond acceptors (Lipinski definition) is 8. The molecule has 0 aromatic heterocycles. The molecule has 9 nitrogen and oxygen atoms in total. The molecule has 1 aliphatic heterocycles. The molecule has 1 heterocycles. The molecular formula is C11H19F2NO8S2. The number of alkyl halides is 2. The first-order chi connectivity index (χ1) is 10.8. The normalized spacial score (nSPS) is 19.9. The Morgan fingerprint density at radius 2 is 1.79 bits per heavy atom. The summed E-state index contributed by atoms with van der Waals surface area (Å²) >= 11 is 0. The van der Waals surface area contributed by atoms with Crippen LogP contribution in [-0.2, 0) is 34.1 Å². The van der Waals surface area contributed by atoms with Crippen molar-refractivity contribution in [1.82, 2.24) is 5.06 Å². The van der Waals surface area contributed by atoms with Crippen molar-refractivity contribution < 1.29 is 44.0 Å². The van der Waals surface area contributed by atoms with E-state index in [1.807, 2.05) is 6.92 Å². The molecule has 1 saturated heterocycles. The van der Waals surface area contributed by atoms with Gasteiger partial charge in [0.25, 0.3) is 0 Å². The summed E-state index contributed by atoms with van der Waals surface area (Å²) in [5.41, 5.74) is 0. The highest BCUT2D eigenvalue weighted by molar-refractivity contribution is 8.05. The number of nitrogens with zero attached hydrogens (tertiary/aromatic N) is 1. The van der Waals surface area contributed by atoms with Gasteiger partial charge in [0, 0.05) is 13.1 Å². The summed E-state index contributed by atoms with van der Waals surface area (Å²) in [6.07, 6.45) is 0.310. The quantitative estimate of drug-likeness (QED) is 0.490. The molecule has 0 aromatic rings. The van der Waals surface area contributed by atoms with Crippen molar-refractivity contribution in [2.24, 2.45) is 5.92 Å². The van der Waals surface area contributed by atoms with E-state index in [2.05, 4.69) is 4.28 Å². The Hall–Kier alpha value is -0.890. The van der Waals surface area contributed by atoms with Crippen LogP contribution in [0.1, 0.15) is 33.1 Å². The van der Waals surface area contributed by atoms with E-state index in [1.165, 1.54) is 0 Å². The molecule has 0 aromatic carbocycles. The van der Waals surface area contributed by atoms with E-state index in [-0.39, 0.29) is 31.8 Å². The van der Waals surface area contributed by atoms with Crippen LogP contribution in [0.2, 0.25) is 0 Å². The third-order valence-corrected chi connectivity index (χ3v) is 6.33. The number of halogens is 2. The molecule has 0 aliphatic carbocycles. The Morgan fingerprint density at radius 1 is 1.29 bits per heavy atom. The molecule has 1 rings (SSSR count). The molecule has 0 radical (unpaired) electrons. The monoisotopic (exact) mass is 395 g/mol. The maximum absolute atomic E-state index is 13.2. The van der Waals surface area contributed by atoms with E-state index < -0.39 is 36.9 Å². The predicted molar refractivity (Wildman–Crippen MR) is 76.6 cm³/mol. The number of hydroxylamine groups is 2. The molecular weight excluding hydrogens is 376 g/mol. The fourth-order valence-corrected chi connectivity index (χ4v) is 3.42. The van der Waals surface area contributed by atoms with Crippen molar-refractivity contribution in [2.45, 2.75) is 43.8 Å². The van der Waals surface area contributed by atoms with Gasteiger partial charge in [0.2, 0.25) is 0 Å². The van der Waals surface area contributed by atoms with Crippen LogP contribution < -0.4 is 0 Å². The lowest BCUT2D eigenvalue weighted by molar-refractivity contribution is -0.161. The van der Waals surface area contributed by atoms with Gasteiger partial charge < -0.3 is 4.74 Å². The van der Waals surface area contributed by atoms with Gasteiger partial charge in [-0.3, -0.25) is 9.35 Å². The number of carbonyl (C=O) groups excluding carboxylic acids is 1. The van der Waals surface area contributed by atoms with E-state index in [9.17, 15) is 30.4 Å². The number of carbonyl (C=O) groups is 1. The molecule has 1 atom stereocenters. The first-order valence-electron chi connectivity index (χ1n) is 7.06. The van der Waals surface area contributed by atoms with Crippen molar-refractivity contribution >= 4 is 26.2 Å². The lowest BCUT2D eigenvalue weighted by atomic mass is 10.1. The average Bonchev–Trinajstić information content (AvgIpc) is 2.46. The standard InChI is InChI=1S/C11H19F2NO8S2/c1-3-8(2)10(15)21-9-4-6-14(7-5-9)22-24(19,20)11(12,13)23(16,17)18/h8-9H,3-7H2,1-2H3,(H,16,17,18). The van der Waals surface area contributed by atoms with E-state index in [1.54, 1.807) is 6.92 Å². The first kappa shape index (κ1) is 21.2. The average molecular weight is 395 g/mol. The minimum atomic E-state index is -6.19. The zero-order chi connectivity index (χ0) is 18.8. The summed E-state index contributed by atoms with van der Waals surface area (Å²) in [6.45, 7) is 3.13. The molecule has 0 spiro atoms. The zero-order valence-corrected chi connectivity index (χ0v) is 14.6. The summed E-state index contributed by atoms with van der Waals surface area (Å²) < 4.78 is 82.1. The maximum atomic E-state index is 13.2. The van der Waals surface area contributed by atoms with Gasteiger partial charge in [-0.1, -0.05) is 13.8 Å². The second-order valence-corrected chi connectivity index (χ2v) is 8.63. The molecule has 0 saturated carbocycles. The topological polar surface area (TPSA) is 127 Å². The predicted octanol–water partition coefficient (Wildman–Crippen LogP) is 0.740. The van der Waals surface area contributed by atoms with Gasteiger partial charge in [-0.15, -0.1) is 0 Å². The number of ether oxygens (including phenoxy) is 1. The largest absolute Gasteiger partial charge is 0.497 e. The highest BCUT2D eigenvalue weighted by atomic mass is 32.3. The third kappa shape index (κ3) is 4.81. The van der Waals surface area contributed by atoms with Crippen molar-refractivity contribution in [1.29, 1.82) is 0 Å². The molecule has 1 aliphatic rings. The summed E-state index contributed by atoms with van der Waals surface area (Å²) in [4.78, 5) is 11.6. The van der Waals surface area contributed by atoms with Crippen LogP contribution >= 0.6 is 0 Å². The molecule has 142 valence electrons. The minimum Gasteiger partial charge on any atom is -0.462 e. The number of piperidine rings is 1. The number of rotatable bonds is 7. The van der Waals surface area contributed by atoms with Gasteiger partial charge in [0.1, 0.15) is 6.10 Å². The number of hydrogen-bond donors (Lipinski definition) is 1. The Balaban J connectivity index is 2.62. The van der Waals surface area contributed by atoms with Crippen LogP contribution in [0.15, 0.2) is 0 Å². The van der Waals surface area contributed by atoms with Crippen LogP contribution in [0.25, 0.3) is 0 Å². The van der Waals surface area contributed by atoms with E-state index in [0.29, 0.717) is 11.5 Å². The fourth-order valence-electron chi connectivity index (χ4n) is 1.78. The van der Waals surface area contributed by atoms with E-state index in [0.717, 1.165) is 0 Å². The van der Waals surface area contributed by atoms with Crippen LogP contribution in [0.3, 0.4) is 0 Å². The van der Waals surface area contributed by atoms with E-state index >= 15 is 0 Å². The highest BCUT2D eigenvalue weighted by Crippen LogP contribution is 2.30. The fraction of sp³-hybridized carbons (Fsp3) is 0.909. The lowest BCUT2D eigenvalue weighted by Gasteiger charge is -2.31. The SMILES string of the molecule is CCC(C)C(=O)OC1CCN(OS(=O)(=O)C(F)(F)S(=O)(=O)O)CC1. The first-order valence-corrected chi connectivity index (χ1v) is 9.91. The maximum Gasteiger partial charge on any atom is 0.497 e. The summed E-state index contributed by atoms with van der Waals surface area (Å²) in [5.74, 6) is -0.712. The van der Waals surface area contributed by atoms with Crippen molar-refractivity contribution in [3.8, 4) is 0 Å². The Kier molecular flexibility index (Phi) is 6.66. The molecule has 0 bridgehead atoms. The Labute approximate surface area is 138 Å². The van der Waals surface area contributed by atoms with Crippen LogP contribution in [0.4, 0.5) is 8.78 Å². The molecule has 24 heavy (non-hydrogen) atoms. The van der Waals surface area contributed by atoms with Crippen LogP contribution in [-0.4, -0.2) is 56.2 Å². The van der Waals surface area contributed by atoms with Gasteiger partial charge >= 0.3 is 30.8 Å². The van der Waals surface area contributed by atoms with Gasteiger partial charge in [-0.2, -0.15) is 35.0 Å². The smallest absolute Gasteiger partial charge is 0.462 e. The summed E-state index contributed by atoms with van der Waals surface area (Å²) in [5, 5.41) is 0.613. The summed E-state index contributed by atoms with van der Waals surface area (Å²) in [7, 11) is -12.1. The second kappa shape index (κ2) is 7.56. The van der Waals surface area contributed by atoms with Gasteiger partial charge in [-0.05, 0) is 19.3 Å². The highest BCUT2D eigenvalue weighted by Gasteiger charge is 2.60. The van der Waals surface area contributed by atoms with Gasteiger partial charge in [0.05, 0.1) is 5.92 Å². The molecule has 0 amide bonds. The third-order valence-electron chi connectivity index (χ3n) is 3.49. The Bertz CT molecular complexity index is 656. The summed E-state index contributed by atoms with van der Waals surface area (Å²) in [6, 6.07) is 0. The van der Waals surface area contributed by atoms with Crippen molar-refractivity contribution in [3.05, 3.63) is 0 Å². The molecule has 13 heteroatoms. The minimum absolute atomic E-state index is 0.120. The molecule has 1 unspecified atom stereocenters. The van der Waals surface area contributed by atoms with Gasteiger partial charge in [0.15, 0.2) is 0 Å². The Morgan fingerprint density at radius 3 is 2.21 bits per heavy atom. The second-order valence-electron chi connectivity index (χ2n) is 5.34. The molecule has 1 fully saturated rings. The van der Waals surface area contributed by atoms with Crippen LogP contribution in [0, 0.1) is 5.92 Å².